The van der Waals surface area contributed by atoms with Crippen molar-refractivity contribution in [1.82, 2.24) is 4.90 Å². The second-order valence-electron chi connectivity index (χ2n) is 10.2. The molecule has 0 atom stereocenters. The van der Waals surface area contributed by atoms with Crippen LogP contribution in [0.3, 0.4) is 0 Å². The summed E-state index contributed by atoms with van der Waals surface area (Å²) in [6.45, 7) is 7.64. The van der Waals surface area contributed by atoms with E-state index in [1.54, 1.807) is 17.9 Å². The second kappa shape index (κ2) is 12.1. The van der Waals surface area contributed by atoms with E-state index in [4.69, 9.17) is 21.7 Å². The molecule has 11 heteroatoms. The maximum Gasteiger partial charge on any atom is 0.346 e. The Balaban J connectivity index is 1.64. The van der Waals surface area contributed by atoms with Gasteiger partial charge in [-0.15, -0.1) is 0 Å². The fraction of sp³-hybridized carbons (Fsp3) is 0.323. The van der Waals surface area contributed by atoms with Crippen LogP contribution in [-0.2, 0) is 23.9 Å². The van der Waals surface area contributed by atoms with Crippen LogP contribution in [0.4, 0.5) is 5.69 Å². The number of ether oxygens (including phenoxy) is 2. The van der Waals surface area contributed by atoms with Crippen molar-refractivity contribution in [2.45, 2.75) is 46.1 Å². The molecule has 3 heterocycles. The highest BCUT2D eigenvalue weighted by atomic mass is 32.2. The monoisotopic (exact) mass is 622 g/mol. The molecule has 1 fully saturated rings. The van der Waals surface area contributed by atoms with Crippen LogP contribution in [0.15, 0.2) is 57.7 Å². The first-order chi connectivity index (χ1) is 20.1. The number of hydrogen-bond donors (Lipinski definition) is 0. The van der Waals surface area contributed by atoms with E-state index in [0.717, 1.165) is 25.2 Å². The zero-order valence-electron chi connectivity index (χ0n) is 23.7. The van der Waals surface area contributed by atoms with E-state index in [1.165, 1.54) is 23.5 Å². The molecule has 3 aliphatic heterocycles. The molecule has 0 N–H and O–H groups in total. The Morgan fingerprint density at radius 2 is 1.67 bits per heavy atom. The third-order valence-corrected chi connectivity index (χ3v) is 10.5. The van der Waals surface area contributed by atoms with Gasteiger partial charge in [0, 0.05) is 34.9 Å². The zero-order valence-corrected chi connectivity index (χ0v) is 26.2. The highest BCUT2D eigenvalue weighted by Gasteiger charge is 2.47. The molecule has 0 aromatic heterocycles. The number of esters is 1. The molecule has 0 saturated carbocycles. The number of carbonyl (C=O) groups is 4. The fourth-order valence-electron chi connectivity index (χ4n) is 5.16. The Morgan fingerprint density at radius 1 is 0.976 bits per heavy atom. The maximum atomic E-state index is 13.9. The van der Waals surface area contributed by atoms with Crippen LogP contribution in [-0.4, -0.2) is 58.8 Å². The molecule has 0 radical (unpaired) electrons. The number of carbonyl (C=O) groups excluding carboxylic acids is 4. The molecule has 0 unspecified atom stereocenters. The standard InChI is InChI=1S/C31H30N2O6S3/c1-5-38-19-12-13-20-21(16-19)33(24(36)17-32-22(34)14-15-23(32)35)31(3,4)28(40)25(20)30-41-26(18-10-8-7-9-11-18)27(42-30)29(37)39-6-2/h7-13,16H,5-6,14-15,17H2,1-4H3. The van der Waals surface area contributed by atoms with Gasteiger partial charge in [0.1, 0.15) is 17.2 Å². The number of nitrogens with zero attached hydrogens (tertiary/aromatic N) is 2. The Morgan fingerprint density at radius 3 is 2.31 bits per heavy atom. The molecule has 5 rings (SSSR count). The summed E-state index contributed by atoms with van der Waals surface area (Å²) in [5.41, 5.74) is 1.87. The Kier molecular flexibility index (Phi) is 8.63. The third kappa shape index (κ3) is 5.41. The fourth-order valence-corrected chi connectivity index (χ4v) is 8.29. The molecule has 3 aliphatic rings. The molecule has 1 saturated heterocycles. The number of anilines is 1. The molecular weight excluding hydrogens is 593 g/mol. The predicted octanol–water partition coefficient (Wildman–Crippen LogP) is 5.81. The molecular formula is C31H30N2O6S3. The molecule has 2 aromatic carbocycles. The Hall–Kier alpha value is -3.41. The van der Waals surface area contributed by atoms with Crippen molar-refractivity contribution in [3.63, 3.8) is 0 Å². The van der Waals surface area contributed by atoms with Crippen molar-refractivity contribution < 1.29 is 28.7 Å². The third-order valence-electron chi connectivity index (χ3n) is 7.13. The van der Waals surface area contributed by atoms with Gasteiger partial charge in [-0.25, -0.2) is 4.79 Å². The van der Waals surface area contributed by atoms with Crippen LogP contribution in [0, 0.1) is 0 Å². The molecule has 0 spiro atoms. The lowest BCUT2D eigenvalue weighted by atomic mass is 9.83. The van der Waals surface area contributed by atoms with Gasteiger partial charge in [-0.05, 0) is 45.4 Å². The predicted molar refractivity (Wildman–Crippen MR) is 170 cm³/mol. The van der Waals surface area contributed by atoms with Gasteiger partial charge in [0.05, 0.1) is 33.5 Å². The van der Waals surface area contributed by atoms with E-state index in [1.807, 2.05) is 63.2 Å². The number of hydrogen-bond acceptors (Lipinski definition) is 9. The Labute approximate surface area is 258 Å². The van der Waals surface area contributed by atoms with Gasteiger partial charge in [-0.2, -0.15) is 0 Å². The van der Waals surface area contributed by atoms with E-state index in [-0.39, 0.29) is 37.8 Å². The highest BCUT2D eigenvalue weighted by molar-refractivity contribution is 8.32. The van der Waals surface area contributed by atoms with Crippen LogP contribution in [0.2, 0.25) is 0 Å². The summed E-state index contributed by atoms with van der Waals surface area (Å²) in [5.74, 6) is -0.985. The molecule has 8 nitrogen and oxygen atoms in total. The smallest absolute Gasteiger partial charge is 0.346 e. The van der Waals surface area contributed by atoms with Gasteiger partial charge in [0.15, 0.2) is 0 Å². The van der Waals surface area contributed by atoms with Crippen molar-refractivity contribution in [2.75, 3.05) is 24.7 Å². The summed E-state index contributed by atoms with van der Waals surface area (Å²) in [6, 6.07) is 15.1. The zero-order chi connectivity index (χ0) is 30.2. The van der Waals surface area contributed by atoms with Crippen molar-refractivity contribution in [3.8, 4) is 5.75 Å². The highest BCUT2D eigenvalue weighted by Crippen LogP contribution is 2.58. The number of benzene rings is 2. The average Bonchev–Trinajstić information content (AvgIpc) is 3.54. The van der Waals surface area contributed by atoms with Crippen molar-refractivity contribution in [2.24, 2.45) is 0 Å². The first-order valence-electron chi connectivity index (χ1n) is 13.6. The molecule has 218 valence electrons. The van der Waals surface area contributed by atoms with Crippen molar-refractivity contribution in [3.05, 3.63) is 68.8 Å². The summed E-state index contributed by atoms with van der Waals surface area (Å²) in [7, 11) is 0. The lowest BCUT2D eigenvalue weighted by Crippen LogP contribution is -2.58. The lowest BCUT2D eigenvalue weighted by Gasteiger charge is -2.45. The largest absolute Gasteiger partial charge is 0.494 e. The number of thioether (sulfide) groups is 2. The van der Waals surface area contributed by atoms with Crippen molar-refractivity contribution >= 4 is 80.5 Å². The van der Waals surface area contributed by atoms with Gasteiger partial charge >= 0.3 is 5.97 Å². The minimum Gasteiger partial charge on any atom is -0.494 e. The summed E-state index contributed by atoms with van der Waals surface area (Å²) >= 11 is 8.87. The topological polar surface area (TPSA) is 93.2 Å². The van der Waals surface area contributed by atoms with Gasteiger partial charge in [-0.1, -0.05) is 66.1 Å². The molecule has 3 amide bonds. The minimum atomic E-state index is -1.01. The van der Waals surface area contributed by atoms with Crippen LogP contribution in [0.5, 0.6) is 5.75 Å². The SMILES string of the molecule is CCOC(=O)C1=C(c2ccccc2)SC(=C2C(=S)C(C)(C)N(C(=O)CN3C(=O)CCC3=O)c3cc(OCC)ccc32)S1. The van der Waals surface area contributed by atoms with Gasteiger partial charge in [0.2, 0.25) is 17.7 Å². The summed E-state index contributed by atoms with van der Waals surface area (Å²) in [6.07, 6.45) is 0.201. The first-order valence-corrected chi connectivity index (χ1v) is 15.7. The maximum absolute atomic E-state index is 13.9. The van der Waals surface area contributed by atoms with Crippen LogP contribution in [0.1, 0.15) is 51.7 Å². The Bertz CT molecular complexity index is 1550. The number of likely N-dealkylation sites (tertiary alicyclic amines) is 1. The summed E-state index contributed by atoms with van der Waals surface area (Å²) in [4.78, 5) is 56.0. The molecule has 2 aromatic rings. The number of rotatable bonds is 7. The van der Waals surface area contributed by atoms with Crippen LogP contribution in [0.25, 0.3) is 10.5 Å². The molecule has 0 bridgehead atoms. The van der Waals surface area contributed by atoms with E-state index in [9.17, 15) is 19.2 Å². The summed E-state index contributed by atoms with van der Waals surface area (Å²) in [5, 5.41) is 0. The van der Waals surface area contributed by atoms with Crippen LogP contribution >= 0.6 is 35.7 Å². The molecule has 0 aliphatic carbocycles. The molecule has 42 heavy (non-hydrogen) atoms. The van der Waals surface area contributed by atoms with Crippen LogP contribution < -0.4 is 9.64 Å². The quantitative estimate of drug-likeness (QED) is 0.164. The number of amides is 3. The van der Waals surface area contributed by atoms with Gasteiger partial charge in [0.25, 0.3) is 0 Å². The first kappa shape index (κ1) is 30.1. The minimum absolute atomic E-state index is 0.100. The van der Waals surface area contributed by atoms with Crippen molar-refractivity contribution in [1.29, 1.82) is 0 Å². The van der Waals surface area contributed by atoms with E-state index >= 15 is 0 Å². The number of imide groups is 1. The van der Waals surface area contributed by atoms with E-state index in [2.05, 4.69) is 0 Å². The van der Waals surface area contributed by atoms with Gasteiger partial charge in [-0.3, -0.25) is 24.2 Å². The number of fused-ring (bicyclic) bond motifs is 1. The summed E-state index contributed by atoms with van der Waals surface area (Å²) < 4.78 is 12.0. The average molecular weight is 623 g/mol. The second-order valence-corrected chi connectivity index (χ2v) is 12.9. The van der Waals surface area contributed by atoms with E-state index < -0.39 is 17.4 Å². The normalized spacial score (nSPS) is 19.9. The van der Waals surface area contributed by atoms with E-state index in [0.29, 0.717) is 33.4 Å². The number of thiocarbonyl (C=S) groups is 1. The lowest BCUT2D eigenvalue weighted by molar-refractivity contribution is -0.142. The van der Waals surface area contributed by atoms with Gasteiger partial charge < -0.3 is 9.47 Å².